The van der Waals surface area contributed by atoms with Crippen LogP contribution >= 0.6 is 0 Å². The van der Waals surface area contributed by atoms with Gasteiger partial charge in [-0.3, -0.25) is 4.79 Å². The molecular formula is C18H16F2N4O. The molecule has 0 aliphatic heterocycles. The van der Waals surface area contributed by atoms with Gasteiger partial charge in [0.25, 0.3) is 0 Å². The van der Waals surface area contributed by atoms with Crippen molar-refractivity contribution in [3.63, 3.8) is 0 Å². The van der Waals surface area contributed by atoms with Gasteiger partial charge in [0.1, 0.15) is 11.6 Å². The second kappa shape index (κ2) is 7.65. The number of carbonyl (C=O) groups excluding carboxylic acids is 1. The minimum Gasteiger partial charge on any atom is -0.347 e. The summed E-state index contributed by atoms with van der Waals surface area (Å²) in [5, 5.41) is 11.0. The van der Waals surface area contributed by atoms with Crippen molar-refractivity contribution in [2.45, 2.75) is 19.0 Å². The predicted molar refractivity (Wildman–Crippen MR) is 87.4 cm³/mol. The summed E-state index contributed by atoms with van der Waals surface area (Å²) in [6.07, 6.45) is 2.93. The molecule has 128 valence electrons. The van der Waals surface area contributed by atoms with E-state index in [1.54, 1.807) is 12.4 Å². The van der Waals surface area contributed by atoms with Crippen molar-refractivity contribution in [3.8, 4) is 0 Å². The van der Waals surface area contributed by atoms with Crippen LogP contribution < -0.4 is 5.32 Å². The van der Waals surface area contributed by atoms with Crippen LogP contribution in [0.15, 0.2) is 60.9 Å². The predicted octanol–water partition coefficient (Wildman–Crippen LogP) is 2.66. The molecule has 0 bridgehead atoms. The molecule has 0 saturated carbocycles. The van der Waals surface area contributed by atoms with Crippen LogP contribution in [0.4, 0.5) is 8.78 Å². The maximum Gasteiger partial charge on any atom is 0.225 e. The molecule has 1 N–H and O–H groups in total. The van der Waals surface area contributed by atoms with E-state index in [-0.39, 0.29) is 23.9 Å². The molecule has 1 aromatic heterocycles. The minimum atomic E-state index is -0.736. The molecule has 0 aliphatic carbocycles. The summed E-state index contributed by atoms with van der Waals surface area (Å²) in [5.74, 6) is -1.78. The molecule has 0 aliphatic rings. The van der Waals surface area contributed by atoms with Crippen LogP contribution in [-0.4, -0.2) is 20.9 Å². The number of nitrogens with one attached hydrogen (secondary N) is 1. The molecule has 7 heteroatoms. The summed E-state index contributed by atoms with van der Waals surface area (Å²) in [7, 11) is 0. The van der Waals surface area contributed by atoms with Gasteiger partial charge < -0.3 is 5.32 Å². The molecule has 0 spiro atoms. The number of hydrogen-bond donors (Lipinski definition) is 1. The zero-order valence-corrected chi connectivity index (χ0v) is 13.3. The average Bonchev–Trinajstić information content (AvgIpc) is 3.11. The Hall–Kier alpha value is -3.09. The van der Waals surface area contributed by atoms with Crippen molar-refractivity contribution in [3.05, 3.63) is 83.7 Å². The topological polar surface area (TPSA) is 59.8 Å². The van der Waals surface area contributed by atoms with E-state index in [1.807, 2.05) is 30.3 Å². The molecule has 0 fully saturated rings. The lowest BCUT2D eigenvalue weighted by molar-refractivity contribution is -0.121. The van der Waals surface area contributed by atoms with Gasteiger partial charge in [-0.15, -0.1) is 0 Å². The van der Waals surface area contributed by atoms with E-state index in [1.165, 1.54) is 10.9 Å². The first-order chi connectivity index (χ1) is 12.1. The number of aromatic nitrogens is 3. The van der Waals surface area contributed by atoms with E-state index in [0.29, 0.717) is 6.54 Å². The molecule has 2 aromatic carbocycles. The fourth-order valence-corrected chi connectivity index (χ4v) is 2.50. The summed E-state index contributed by atoms with van der Waals surface area (Å²) in [6.45, 7) is 0.342. The molecule has 0 radical (unpaired) electrons. The second-order valence-electron chi connectivity index (χ2n) is 5.53. The lowest BCUT2D eigenvalue weighted by atomic mass is 10.1. The monoisotopic (exact) mass is 342 g/mol. The molecule has 0 unspecified atom stereocenters. The third kappa shape index (κ3) is 4.47. The zero-order chi connectivity index (χ0) is 17.6. The van der Waals surface area contributed by atoms with Crippen LogP contribution in [0, 0.1) is 11.6 Å². The first kappa shape index (κ1) is 16.8. The molecule has 25 heavy (non-hydrogen) atoms. The Labute approximate surface area is 143 Å². The van der Waals surface area contributed by atoms with E-state index < -0.39 is 11.6 Å². The molecular weight excluding hydrogens is 326 g/mol. The van der Waals surface area contributed by atoms with Gasteiger partial charge in [0.05, 0.1) is 31.4 Å². The summed E-state index contributed by atoms with van der Waals surface area (Å²) in [5.41, 5.74) is 1.02. The highest BCUT2D eigenvalue weighted by Crippen LogP contribution is 2.16. The first-order valence-corrected chi connectivity index (χ1v) is 7.74. The number of hydrogen-bond acceptors (Lipinski definition) is 3. The third-order valence-electron chi connectivity index (χ3n) is 3.72. The summed E-state index contributed by atoms with van der Waals surface area (Å²) < 4.78 is 26.7. The summed E-state index contributed by atoms with van der Waals surface area (Å²) in [4.78, 5) is 13.8. The second-order valence-corrected chi connectivity index (χ2v) is 5.53. The standard InChI is InChI=1S/C18H16F2N4O/c19-15-7-6-14(16(20)11-15)10-18(25)23-17(12-24-21-8-9-22-24)13-4-2-1-3-5-13/h1-9,11,17H,10,12H2,(H,23,25)/t17-/m0/s1. The maximum atomic E-state index is 13.7. The van der Waals surface area contributed by atoms with Crippen molar-refractivity contribution in [1.29, 1.82) is 0 Å². The lowest BCUT2D eigenvalue weighted by Gasteiger charge is -2.19. The molecule has 0 saturated heterocycles. The molecule has 1 amide bonds. The fourth-order valence-electron chi connectivity index (χ4n) is 2.50. The Morgan fingerprint density at radius 2 is 1.80 bits per heavy atom. The normalized spacial score (nSPS) is 11.9. The number of nitrogens with zero attached hydrogens (tertiary/aromatic N) is 3. The number of amides is 1. The van der Waals surface area contributed by atoms with Gasteiger partial charge in [-0.1, -0.05) is 36.4 Å². The summed E-state index contributed by atoms with van der Waals surface area (Å²) >= 11 is 0. The molecule has 1 atom stereocenters. The van der Waals surface area contributed by atoms with Gasteiger partial charge in [-0.25, -0.2) is 8.78 Å². The molecule has 3 aromatic rings. The van der Waals surface area contributed by atoms with E-state index in [2.05, 4.69) is 15.5 Å². The van der Waals surface area contributed by atoms with E-state index >= 15 is 0 Å². The third-order valence-corrected chi connectivity index (χ3v) is 3.72. The van der Waals surface area contributed by atoms with Crippen LogP contribution in [0.1, 0.15) is 17.2 Å². The highest BCUT2D eigenvalue weighted by Gasteiger charge is 2.17. The van der Waals surface area contributed by atoms with Crippen LogP contribution in [-0.2, 0) is 17.8 Å². The Balaban J connectivity index is 1.74. The number of carbonyl (C=O) groups is 1. The Bertz CT molecular complexity index is 838. The highest BCUT2D eigenvalue weighted by atomic mass is 19.1. The Kier molecular flexibility index (Phi) is 5.13. The zero-order valence-electron chi connectivity index (χ0n) is 13.3. The fraction of sp³-hybridized carbons (Fsp3) is 0.167. The van der Waals surface area contributed by atoms with Crippen LogP contribution in [0.5, 0.6) is 0 Å². The lowest BCUT2D eigenvalue weighted by Crippen LogP contribution is -2.33. The SMILES string of the molecule is O=C(Cc1ccc(F)cc1F)N[C@@H](Cn1nccn1)c1ccccc1. The molecule has 1 heterocycles. The Morgan fingerprint density at radius 3 is 2.48 bits per heavy atom. The first-order valence-electron chi connectivity index (χ1n) is 7.74. The van der Waals surface area contributed by atoms with Gasteiger partial charge >= 0.3 is 0 Å². The van der Waals surface area contributed by atoms with Gasteiger partial charge in [0.15, 0.2) is 0 Å². The largest absolute Gasteiger partial charge is 0.347 e. The average molecular weight is 342 g/mol. The quantitative estimate of drug-likeness (QED) is 0.749. The van der Waals surface area contributed by atoms with Crippen molar-refractivity contribution in [2.24, 2.45) is 0 Å². The van der Waals surface area contributed by atoms with E-state index in [9.17, 15) is 13.6 Å². The highest BCUT2D eigenvalue weighted by molar-refractivity contribution is 5.79. The van der Waals surface area contributed by atoms with E-state index in [0.717, 1.165) is 17.7 Å². The summed E-state index contributed by atoms with van der Waals surface area (Å²) in [6, 6.07) is 12.2. The van der Waals surface area contributed by atoms with Crippen LogP contribution in [0.2, 0.25) is 0 Å². The number of rotatable bonds is 6. The van der Waals surface area contributed by atoms with Gasteiger partial charge in [-0.05, 0) is 17.2 Å². The van der Waals surface area contributed by atoms with Crippen LogP contribution in [0.3, 0.4) is 0 Å². The smallest absolute Gasteiger partial charge is 0.225 e. The Morgan fingerprint density at radius 1 is 1.08 bits per heavy atom. The van der Waals surface area contributed by atoms with Gasteiger partial charge in [0, 0.05) is 6.07 Å². The van der Waals surface area contributed by atoms with Crippen molar-refractivity contribution in [1.82, 2.24) is 20.3 Å². The molecule has 3 rings (SSSR count). The number of halogens is 2. The van der Waals surface area contributed by atoms with Crippen molar-refractivity contribution in [2.75, 3.05) is 0 Å². The van der Waals surface area contributed by atoms with Gasteiger partial charge in [-0.2, -0.15) is 15.0 Å². The number of benzene rings is 2. The van der Waals surface area contributed by atoms with Gasteiger partial charge in [0.2, 0.25) is 5.91 Å². The van der Waals surface area contributed by atoms with Crippen molar-refractivity contribution < 1.29 is 13.6 Å². The maximum absolute atomic E-state index is 13.7. The van der Waals surface area contributed by atoms with Crippen LogP contribution in [0.25, 0.3) is 0 Å². The van der Waals surface area contributed by atoms with Crippen molar-refractivity contribution >= 4 is 5.91 Å². The minimum absolute atomic E-state index is 0.142. The molecule has 5 nitrogen and oxygen atoms in total. The van der Waals surface area contributed by atoms with E-state index in [4.69, 9.17) is 0 Å².